The largest absolute Gasteiger partial charge is 0.394 e. The van der Waals surface area contributed by atoms with Crippen molar-refractivity contribution in [2.24, 2.45) is 0 Å². The van der Waals surface area contributed by atoms with Gasteiger partial charge in [-0.2, -0.15) is 0 Å². The Morgan fingerprint density at radius 1 is 0.818 bits per heavy atom. The lowest BCUT2D eigenvalue weighted by atomic mass is 10.1. The van der Waals surface area contributed by atoms with E-state index < -0.39 is 24.4 Å². The first-order chi connectivity index (χ1) is 10.3. The second-order valence-corrected chi connectivity index (χ2v) is 4.97. The monoisotopic (exact) mass is 330 g/mol. The predicted molar refractivity (Wildman–Crippen MR) is 77.0 cm³/mol. The fraction of sp³-hybridized carbons (Fsp3) is 1.00. The van der Waals surface area contributed by atoms with Crippen molar-refractivity contribution in [3.63, 3.8) is 0 Å². The zero-order chi connectivity index (χ0) is 17.5. The normalized spacial score (nSPS) is 20.2. The molecule has 0 aromatic carbocycles. The molecule has 4 atom stereocenters. The standard InChI is InChI=1S/C7H16O4.C3H8O3.C3H6O2/c1-5(9)2-6(10)3-7(11)4-8;4-1-3(6)2-5;4-1-3-2-5-3/h5-11H,2-4H2,1H3;3-6H,1-2H2;3-4H,1-2H2. The summed E-state index contributed by atoms with van der Waals surface area (Å²) in [4.78, 5) is 0. The van der Waals surface area contributed by atoms with Crippen molar-refractivity contribution in [3.05, 3.63) is 0 Å². The number of hydrogen-bond donors (Lipinski definition) is 8. The van der Waals surface area contributed by atoms with Crippen LogP contribution >= 0.6 is 0 Å². The quantitative estimate of drug-likeness (QED) is 0.211. The van der Waals surface area contributed by atoms with E-state index in [2.05, 4.69) is 4.74 Å². The Labute approximate surface area is 130 Å². The minimum absolute atomic E-state index is 0.113. The van der Waals surface area contributed by atoms with Gasteiger partial charge in [-0.05, 0) is 13.3 Å². The fourth-order valence-corrected chi connectivity index (χ4v) is 1.11. The van der Waals surface area contributed by atoms with Gasteiger partial charge in [-0.25, -0.2) is 0 Å². The molecule has 0 radical (unpaired) electrons. The maximum absolute atomic E-state index is 9.09. The summed E-state index contributed by atoms with van der Waals surface area (Å²) in [6.07, 6.45) is -2.62. The van der Waals surface area contributed by atoms with Crippen LogP contribution in [-0.4, -0.2) is 104 Å². The fourth-order valence-electron chi connectivity index (χ4n) is 1.11. The highest BCUT2D eigenvalue weighted by Gasteiger charge is 2.19. The molecule has 1 heterocycles. The first-order valence-electron chi connectivity index (χ1n) is 7.07. The van der Waals surface area contributed by atoms with E-state index >= 15 is 0 Å². The van der Waals surface area contributed by atoms with E-state index in [1.165, 1.54) is 0 Å². The number of aliphatic hydroxyl groups excluding tert-OH is 8. The van der Waals surface area contributed by atoms with Crippen molar-refractivity contribution in [3.8, 4) is 0 Å². The lowest BCUT2D eigenvalue weighted by Gasteiger charge is -2.14. The zero-order valence-electron chi connectivity index (χ0n) is 12.8. The minimum Gasteiger partial charge on any atom is -0.394 e. The summed E-state index contributed by atoms with van der Waals surface area (Å²) in [5.41, 5.74) is 0. The summed E-state index contributed by atoms with van der Waals surface area (Å²) in [6.45, 7) is 1.44. The Balaban J connectivity index is 0. The van der Waals surface area contributed by atoms with Crippen LogP contribution < -0.4 is 0 Å². The molecule has 1 aliphatic heterocycles. The molecular formula is C13H30O9. The van der Waals surface area contributed by atoms with Gasteiger partial charge in [-0.1, -0.05) is 0 Å². The summed E-state index contributed by atoms with van der Waals surface area (Å²) in [5, 5.41) is 67.2. The van der Waals surface area contributed by atoms with Gasteiger partial charge in [0, 0.05) is 6.42 Å². The summed E-state index contributed by atoms with van der Waals surface area (Å²) < 4.78 is 4.61. The highest BCUT2D eigenvalue weighted by molar-refractivity contribution is 4.65. The second kappa shape index (κ2) is 15.5. The van der Waals surface area contributed by atoms with Gasteiger partial charge in [0.25, 0.3) is 0 Å². The number of aliphatic hydroxyl groups is 8. The van der Waals surface area contributed by atoms with Gasteiger partial charge in [0.05, 0.1) is 51.3 Å². The Morgan fingerprint density at radius 2 is 1.27 bits per heavy atom. The first-order valence-corrected chi connectivity index (χ1v) is 7.07. The van der Waals surface area contributed by atoms with Crippen LogP contribution in [0.3, 0.4) is 0 Å². The van der Waals surface area contributed by atoms with E-state index in [0.717, 1.165) is 6.61 Å². The molecule has 0 bridgehead atoms. The van der Waals surface area contributed by atoms with Gasteiger partial charge in [-0.3, -0.25) is 0 Å². The van der Waals surface area contributed by atoms with E-state index in [1.54, 1.807) is 6.92 Å². The lowest BCUT2D eigenvalue weighted by molar-refractivity contribution is 0.0216. The van der Waals surface area contributed by atoms with Gasteiger partial charge in [0.15, 0.2) is 0 Å². The van der Waals surface area contributed by atoms with Crippen molar-refractivity contribution in [1.29, 1.82) is 0 Å². The highest BCUT2D eigenvalue weighted by Crippen LogP contribution is 2.05. The average Bonchev–Trinajstić information content (AvgIpc) is 3.30. The predicted octanol–water partition coefficient (Wildman–Crippen LogP) is -3.43. The second-order valence-electron chi connectivity index (χ2n) is 4.97. The molecule has 136 valence electrons. The SMILES string of the molecule is CC(O)CC(O)CC(O)CO.OCC(O)CO.OCC1CO1. The molecule has 1 aliphatic rings. The summed E-state index contributed by atoms with van der Waals surface area (Å²) in [6, 6.07) is 0. The maximum Gasteiger partial charge on any atom is 0.104 e. The number of epoxide rings is 1. The van der Waals surface area contributed by atoms with Gasteiger partial charge in [-0.15, -0.1) is 0 Å². The maximum atomic E-state index is 9.09. The van der Waals surface area contributed by atoms with Crippen molar-refractivity contribution >= 4 is 0 Å². The molecule has 1 saturated heterocycles. The summed E-state index contributed by atoms with van der Waals surface area (Å²) >= 11 is 0. The molecule has 0 saturated carbocycles. The Morgan fingerprint density at radius 3 is 1.45 bits per heavy atom. The van der Waals surface area contributed by atoms with Crippen molar-refractivity contribution in [1.82, 2.24) is 0 Å². The molecule has 1 fully saturated rings. The zero-order valence-corrected chi connectivity index (χ0v) is 12.8. The van der Waals surface area contributed by atoms with Crippen LogP contribution in [-0.2, 0) is 4.74 Å². The van der Waals surface area contributed by atoms with Crippen LogP contribution in [0.2, 0.25) is 0 Å². The van der Waals surface area contributed by atoms with Crippen LogP contribution in [0.5, 0.6) is 0 Å². The molecule has 0 amide bonds. The molecule has 0 spiro atoms. The number of hydrogen-bond acceptors (Lipinski definition) is 9. The van der Waals surface area contributed by atoms with Gasteiger partial charge >= 0.3 is 0 Å². The van der Waals surface area contributed by atoms with Crippen LogP contribution in [0, 0.1) is 0 Å². The molecule has 0 aliphatic carbocycles. The molecule has 9 nitrogen and oxygen atoms in total. The third-order valence-corrected chi connectivity index (χ3v) is 2.40. The Bertz CT molecular complexity index is 220. The highest BCUT2D eigenvalue weighted by atomic mass is 16.6. The van der Waals surface area contributed by atoms with Crippen molar-refractivity contribution < 1.29 is 45.6 Å². The van der Waals surface area contributed by atoms with Gasteiger partial charge in [0.2, 0.25) is 0 Å². The Kier molecular flexibility index (Phi) is 16.9. The molecule has 9 heteroatoms. The minimum atomic E-state index is -0.954. The molecule has 22 heavy (non-hydrogen) atoms. The first kappa shape index (κ1) is 23.9. The van der Waals surface area contributed by atoms with Crippen LogP contribution in [0.15, 0.2) is 0 Å². The van der Waals surface area contributed by atoms with Gasteiger partial charge < -0.3 is 45.6 Å². The number of ether oxygens (including phenoxy) is 1. The summed E-state index contributed by atoms with van der Waals surface area (Å²) in [5.74, 6) is 0. The van der Waals surface area contributed by atoms with E-state index in [0.29, 0.717) is 0 Å². The van der Waals surface area contributed by atoms with Gasteiger partial charge in [0.1, 0.15) is 12.2 Å². The number of rotatable bonds is 8. The van der Waals surface area contributed by atoms with Crippen molar-refractivity contribution in [2.75, 3.05) is 33.0 Å². The molecular weight excluding hydrogens is 300 g/mol. The summed E-state index contributed by atoms with van der Waals surface area (Å²) in [7, 11) is 0. The smallest absolute Gasteiger partial charge is 0.104 e. The third kappa shape index (κ3) is 19.6. The van der Waals surface area contributed by atoms with E-state index in [4.69, 9.17) is 40.9 Å². The van der Waals surface area contributed by atoms with Crippen molar-refractivity contribution in [2.45, 2.75) is 50.3 Å². The van der Waals surface area contributed by atoms with E-state index in [-0.39, 0.29) is 45.4 Å². The lowest BCUT2D eigenvalue weighted by Crippen LogP contribution is -2.23. The topological polar surface area (TPSA) is 174 Å². The molecule has 8 N–H and O–H groups in total. The van der Waals surface area contributed by atoms with Crippen LogP contribution in [0.4, 0.5) is 0 Å². The molecule has 1 rings (SSSR count). The average molecular weight is 330 g/mol. The molecule has 0 aromatic rings. The van der Waals surface area contributed by atoms with Crippen LogP contribution in [0.1, 0.15) is 19.8 Å². The molecule has 4 unspecified atom stereocenters. The Hall–Kier alpha value is -0.360. The van der Waals surface area contributed by atoms with E-state index in [1.807, 2.05) is 0 Å². The van der Waals surface area contributed by atoms with Crippen LogP contribution in [0.25, 0.3) is 0 Å². The third-order valence-electron chi connectivity index (χ3n) is 2.40. The molecule has 0 aromatic heterocycles. The van der Waals surface area contributed by atoms with E-state index in [9.17, 15) is 0 Å².